The molecule has 0 bridgehead atoms. The van der Waals surface area contributed by atoms with Crippen LogP contribution in [0.15, 0.2) is 0 Å². The van der Waals surface area contributed by atoms with Crippen LogP contribution in [0.1, 0.15) is 110 Å². The van der Waals surface area contributed by atoms with Gasteiger partial charge in [-0.25, -0.2) is 0 Å². The van der Waals surface area contributed by atoms with E-state index in [4.69, 9.17) is 5.11 Å². The predicted octanol–water partition coefficient (Wildman–Crippen LogP) is 5.41. The van der Waals surface area contributed by atoms with E-state index in [1.807, 2.05) is 0 Å². The summed E-state index contributed by atoms with van der Waals surface area (Å²) in [5.41, 5.74) is 0. The van der Waals surface area contributed by atoms with Gasteiger partial charge >= 0.3 is 0 Å². The zero-order valence-electron chi connectivity index (χ0n) is 14.4. The summed E-state index contributed by atoms with van der Waals surface area (Å²) in [6, 6.07) is 0. The van der Waals surface area contributed by atoms with E-state index in [0.29, 0.717) is 6.61 Å². The maximum atomic E-state index is 8.67. The van der Waals surface area contributed by atoms with Crippen LogP contribution in [0.25, 0.3) is 0 Å². The third-order valence-corrected chi connectivity index (χ3v) is 4.01. The summed E-state index contributed by atoms with van der Waals surface area (Å²) in [5.74, 6) is 0. The second kappa shape index (κ2) is 25.5. The van der Waals surface area contributed by atoms with Crippen LogP contribution in [-0.2, 0) is 18.6 Å². The minimum atomic E-state index is 0. The first-order valence-corrected chi connectivity index (χ1v) is 9.02. The number of aliphatic hydroxyl groups is 1. The summed E-state index contributed by atoms with van der Waals surface area (Å²) in [4.78, 5) is 0. The smallest absolute Gasteiger partial charge is 0.0431 e. The van der Waals surface area contributed by atoms with Crippen molar-refractivity contribution >= 4 is 0 Å². The van der Waals surface area contributed by atoms with Gasteiger partial charge in [0.2, 0.25) is 0 Å². The Kier molecular flexibility index (Phi) is 32.0. The third kappa shape index (κ3) is 25.8. The fourth-order valence-corrected chi connectivity index (χ4v) is 2.66. The van der Waals surface area contributed by atoms with E-state index in [1.54, 1.807) is 0 Å². The predicted molar refractivity (Wildman–Crippen MR) is 90.2 cm³/mol. The molecule has 129 valence electrons. The molecule has 0 aliphatic carbocycles. The molecule has 0 aliphatic rings. The van der Waals surface area contributed by atoms with Crippen LogP contribution in [0.3, 0.4) is 0 Å². The van der Waals surface area contributed by atoms with Gasteiger partial charge in [0.05, 0.1) is 0 Å². The molecule has 0 heterocycles. The van der Waals surface area contributed by atoms with Gasteiger partial charge in [0.15, 0.2) is 0 Å². The molecule has 0 aliphatic heterocycles. The normalized spacial score (nSPS) is 10.0. The summed E-state index contributed by atoms with van der Waals surface area (Å²) in [6.45, 7) is 2.66. The first kappa shape index (κ1) is 26.4. The van der Waals surface area contributed by atoms with Gasteiger partial charge < -0.3 is 10.6 Å². The standard InChI is InChI=1S/C18H38O.H2O.V/c1-2-3-4-5-6-7-8-9-10-11-12-13-14-15-16-17-18-19;;/h19H,2-18H2,1H3;1H2;. The molecule has 0 rings (SSSR count). The molecule has 0 fully saturated rings. The van der Waals surface area contributed by atoms with E-state index < -0.39 is 0 Å². The van der Waals surface area contributed by atoms with E-state index in [9.17, 15) is 0 Å². The molecule has 0 unspecified atom stereocenters. The maximum absolute atomic E-state index is 8.67. The first-order valence-electron chi connectivity index (χ1n) is 9.02. The molecule has 3 heteroatoms. The SMILES string of the molecule is CCCCCCCCCCCCCCCCCCO.O.[V]. The van der Waals surface area contributed by atoms with E-state index in [1.165, 1.54) is 96.3 Å². The molecular formula is C18H40O2V. The fraction of sp³-hybridized carbons (Fsp3) is 1.00. The van der Waals surface area contributed by atoms with E-state index in [2.05, 4.69) is 6.92 Å². The molecule has 21 heavy (non-hydrogen) atoms. The largest absolute Gasteiger partial charge is 0.412 e. The summed E-state index contributed by atoms with van der Waals surface area (Å²) in [6.07, 6.45) is 22.2. The van der Waals surface area contributed by atoms with Crippen molar-refractivity contribution in [1.82, 2.24) is 0 Å². The molecule has 2 nitrogen and oxygen atoms in total. The summed E-state index contributed by atoms with van der Waals surface area (Å²) < 4.78 is 0. The van der Waals surface area contributed by atoms with Crippen molar-refractivity contribution in [3.63, 3.8) is 0 Å². The summed E-state index contributed by atoms with van der Waals surface area (Å²) in [5, 5.41) is 8.67. The molecule has 0 aromatic heterocycles. The van der Waals surface area contributed by atoms with Gasteiger partial charge in [-0.1, -0.05) is 103 Å². The zero-order chi connectivity index (χ0) is 14.0. The minimum absolute atomic E-state index is 0. The quantitative estimate of drug-likeness (QED) is 0.375. The molecule has 0 saturated heterocycles. The number of rotatable bonds is 16. The Labute approximate surface area is 145 Å². The van der Waals surface area contributed by atoms with Crippen molar-refractivity contribution in [2.24, 2.45) is 0 Å². The second-order valence-electron chi connectivity index (χ2n) is 6.03. The summed E-state index contributed by atoms with van der Waals surface area (Å²) >= 11 is 0. The summed E-state index contributed by atoms with van der Waals surface area (Å²) in [7, 11) is 0. The molecule has 3 N–H and O–H groups in total. The molecule has 0 saturated carbocycles. The van der Waals surface area contributed by atoms with Crippen molar-refractivity contribution in [2.45, 2.75) is 110 Å². The molecule has 1 radical (unpaired) electrons. The van der Waals surface area contributed by atoms with Gasteiger partial charge in [-0.2, -0.15) is 0 Å². The van der Waals surface area contributed by atoms with Crippen LogP contribution >= 0.6 is 0 Å². The van der Waals surface area contributed by atoms with Crippen molar-refractivity contribution in [3.8, 4) is 0 Å². The Morgan fingerprint density at radius 3 is 0.952 bits per heavy atom. The van der Waals surface area contributed by atoms with Gasteiger partial charge in [-0.15, -0.1) is 0 Å². The van der Waals surface area contributed by atoms with Gasteiger partial charge in [0, 0.05) is 25.2 Å². The van der Waals surface area contributed by atoms with Gasteiger partial charge in [-0.3, -0.25) is 0 Å². The number of hydrogen-bond acceptors (Lipinski definition) is 1. The Morgan fingerprint density at radius 2 is 0.714 bits per heavy atom. The van der Waals surface area contributed by atoms with Crippen molar-refractivity contribution in [3.05, 3.63) is 0 Å². The first-order chi connectivity index (χ1) is 9.41. The van der Waals surface area contributed by atoms with E-state index >= 15 is 0 Å². The number of unbranched alkanes of at least 4 members (excludes halogenated alkanes) is 15. The van der Waals surface area contributed by atoms with Gasteiger partial charge in [-0.05, 0) is 6.42 Å². The third-order valence-electron chi connectivity index (χ3n) is 4.01. The van der Waals surface area contributed by atoms with Gasteiger partial charge in [0.1, 0.15) is 0 Å². The van der Waals surface area contributed by atoms with Crippen LogP contribution in [0.5, 0.6) is 0 Å². The Bertz CT molecular complexity index is 138. The van der Waals surface area contributed by atoms with Crippen LogP contribution in [0.2, 0.25) is 0 Å². The van der Waals surface area contributed by atoms with Crippen molar-refractivity contribution in [2.75, 3.05) is 6.61 Å². The van der Waals surface area contributed by atoms with Gasteiger partial charge in [0.25, 0.3) is 0 Å². The van der Waals surface area contributed by atoms with Crippen LogP contribution in [0.4, 0.5) is 0 Å². The average molecular weight is 339 g/mol. The van der Waals surface area contributed by atoms with Crippen LogP contribution in [-0.4, -0.2) is 17.2 Å². The Hall–Kier alpha value is 0.504. The zero-order valence-corrected chi connectivity index (χ0v) is 15.8. The minimum Gasteiger partial charge on any atom is -0.412 e. The molecular weight excluding hydrogens is 299 g/mol. The van der Waals surface area contributed by atoms with Crippen molar-refractivity contribution < 1.29 is 29.1 Å². The maximum Gasteiger partial charge on any atom is 0.0431 e. The van der Waals surface area contributed by atoms with Crippen molar-refractivity contribution in [1.29, 1.82) is 0 Å². The Balaban J connectivity index is -0.00000162. The molecule has 0 amide bonds. The molecule has 0 aromatic rings. The number of aliphatic hydroxyl groups excluding tert-OH is 1. The van der Waals surface area contributed by atoms with E-state index in [0.717, 1.165) is 6.42 Å². The fourth-order valence-electron chi connectivity index (χ4n) is 2.66. The van der Waals surface area contributed by atoms with Crippen LogP contribution < -0.4 is 0 Å². The molecule has 0 atom stereocenters. The molecule has 0 aromatic carbocycles. The Morgan fingerprint density at radius 1 is 0.476 bits per heavy atom. The topological polar surface area (TPSA) is 51.7 Å². The monoisotopic (exact) mass is 339 g/mol. The molecule has 0 spiro atoms. The second-order valence-corrected chi connectivity index (χ2v) is 6.03. The average Bonchev–Trinajstić information content (AvgIpc) is 2.43. The van der Waals surface area contributed by atoms with E-state index in [-0.39, 0.29) is 24.0 Å². The van der Waals surface area contributed by atoms with Crippen LogP contribution in [0, 0.1) is 0 Å². The number of hydrogen-bond donors (Lipinski definition) is 1.